The molecular weight excluding hydrogens is 1030 g/mol. The van der Waals surface area contributed by atoms with Gasteiger partial charge in [-0.05, 0) is 68.7 Å². The number of ketones is 1. The number of ether oxygens (including phenoxy) is 17. The Bertz CT molecular complexity index is 2000. The van der Waals surface area contributed by atoms with Gasteiger partial charge in [-0.25, -0.2) is 0 Å². The lowest BCUT2D eigenvalue weighted by molar-refractivity contribution is -0.381. The van der Waals surface area contributed by atoms with Crippen molar-refractivity contribution in [3.8, 4) is 0 Å². The fourth-order valence-electron chi connectivity index (χ4n) is 11.0. The first-order valence-corrected chi connectivity index (χ1v) is 28.1. The van der Waals surface area contributed by atoms with Gasteiger partial charge >= 0.3 is 29.8 Å². The molecule has 6 fully saturated rings. The van der Waals surface area contributed by atoms with Crippen LogP contribution in [0.3, 0.4) is 0 Å². The number of unbranched alkanes of at least 4 members (excludes halogenated alkanes) is 9. The quantitative estimate of drug-likeness (QED) is 0.0538. The van der Waals surface area contributed by atoms with Crippen molar-refractivity contribution in [2.45, 2.75) is 308 Å². The van der Waals surface area contributed by atoms with Gasteiger partial charge in [-0.2, -0.15) is 0 Å². The highest BCUT2D eigenvalue weighted by Gasteiger charge is 2.62. The zero-order valence-electron chi connectivity index (χ0n) is 48.1. The zero-order valence-corrected chi connectivity index (χ0v) is 48.1. The Kier molecular flexibility index (Phi) is 23.3. The molecule has 446 valence electrons. The largest absolute Gasteiger partial charge is 0.457 e. The van der Waals surface area contributed by atoms with Crippen LogP contribution in [0, 0.1) is 0 Å². The fourth-order valence-corrected chi connectivity index (χ4v) is 11.0. The molecule has 23 nitrogen and oxygen atoms in total. The molecule has 0 spiro atoms. The number of carbonyl (C=O) groups is 6. The summed E-state index contributed by atoms with van der Waals surface area (Å²) < 4.78 is 107. The van der Waals surface area contributed by atoms with Gasteiger partial charge in [0, 0.05) is 40.7 Å². The average molecular weight is 1120 g/mol. The van der Waals surface area contributed by atoms with E-state index < -0.39 is 164 Å². The van der Waals surface area contributed by atoms with Gasteiger partial charge < -0.3 is 85.3 Å². The number of hydrogen-bond donors (Lipinski definition) is 0. The molecule has 0 saturated carbocycles. The lowest BCUT2D eigenvalue weighted by Crippen LogP contribution is -2.68. The minimum absolute atomic E-state index is 0.170. The number of Topliss-reactive ketones (excluding diaryl/α,β-unsaturated/α-hetero) is 1. The first kappa shape index (κ1) is 63.7. The van der Waals surface area contributed by atoms with Gasteiger partial charge in [0.1, 0.15) is 48.5 Å². The van der Waals surface area contributed by atoms with Crippen LogP contribution in [-0.4, -0.2) is 177 Å². The van der Waals surface area contributed by atoms with Crippen molar-refractivity contribution in [2.24, 2.45) is 0 Å². The Morgan fingerprint density at radius 1 is 0.385 bits per heavy atom. The summed E-state index contributed by atoms with van der Waals surface area (Å²) in [5, 5.41) is 0. The Hall–Kier alpha value is -3.46. The maximum Gasteiger partial charge on any atom is 0.306 e. The summed E-state index contributed by atoms with van der Waals surface area (Å²) in [4.78, 5) is 77.3. The van der Waals surface area contributed by atoms with E-state index in [2.05, 4.69) is 6.92 Å². The summed E-state index contributed by atoms with van der Waals surface area (Å²) in [5.74, 6) is -6.38. The summed E-state index contributed by atoms with van der Waals surface area (Å²) in [6.45, 7) is 22.2. The Balaban J connectivity index is 1.29. The minimum Gasteiger partial charge on any atom is -0.457 e. The summed E-state index contributed by atoms with van der Waals surface area (Å²) in [6.07, 6.45) is -12.3. The highest BCUT2D eigenvalue weighted by atomic mass is 16.8. The van der Waals surface area contributed by atoms with E-state index >= 15 is 0 Å². The van der Waals surface area contributed by atoms with Gasteiger partial charge in [-0.1, -0.05) is 64.7 Å². The maximum absolute atomic E-state index is 13.9. The smallest absolute Gasteiger partial charge is 0.306 e. The van der Waals surface area contributed by atoms with Crippen LogP contribution >= 0.6 is 0 Å². The van der Waals surface area contributed by atoms with Crippen molar-refractivity contribution >= 4 is 35.6 Å². The molecule has 0 aliphatic carbocycles. The topological polar surface area (TPSA) is 259 Å². The number of hydrogen-bond acceptors (Lipinski definition) is 23. The van der Waals surface area contributed by atoms with Crippen LogP contribution in [-0.2, 0) is 109 Å². The van der Waals surface area contributed by atoms with Crippen LogP contribution in [0.1, 0.15) is 174 Å². The molecule has 78 heavy (non-hydrogen) atoms. The third-order valence-corrected chi connectivity index (χ3v) is 14.4. The molecule has 20 atom stereocenters. The molecular formula is C55H88O23. The zero-order chi connectivity index (χ0) is 57.2. The summed E-state index contributed by atoms with van der Waals surface area (Å²) >= 11 is 0. The van der Waals surface area contributed by atoms with Gasteiger partial charge in [0.2, 0.25) is 0 Å². The fraction of sp³-hybridized carbons (Fsp3) is 0.891. The molecule has 0 aromatic carbocycles. The molecule has 0 N–H and O–H groups in total. The number of carbonyl (C=O) groups excluding carboxylic acids is 6. The van der Waals surface area contributed by atoms with Crippen molar-refractivity contribution in [2.75, 3.05) is 6.61 Å². The van der Waals surface area contributed by atoms with Crippen molar-refractivity contribution in [3.63, 3.8) is 0 Å². The molecule has 0 aromatic heterocycles. The lowest BCUT2D eigenvalue weighted by Gasteiger charge is -2.50. The predicted molar refractivity (Wildman–Crippen MR) is 269 cm³/mol. The molecule has 6 heterocycles. The van der Waals surface area contributed by atoms with Crippen molar-refractivity contribution in [3.05, 3.63) is 0 Å². The third kappa shape index (κ3) is 17.3. The standard InChI is InChI=1S/C55H88O23/c1-15-16-17-18-19-20-21-22-23-24-27-62-50-48-45(76-54(11,12)77-48)41(32(6)63-50)72-52-47(71-37(61)26-25-28(2)56)43(39(30(4)65-52)68-34(8)58)73-51-46(70-36(10)60)42(38(29(3)64-51)67-33(7)57)74-53-49-44(75-55(13,14)78-49)40(31(5)66-53)69-35(9)59/h29-32,38-53H,15-27H2,1-14H3/t29-,30-,31-,32-,38-,39-,40-,41-,42+,43+,44+,45+,46+,47+,48+,49+,50+,51-,52-,53-/m0/s1. The van der Waals surface area contributed by atoms with Gasteiger partial charge in [0.15, 0.2) is 67.3 Å². The summed E-state index contributed by atoms with van der Waals surface area (Å²) in [5.41, 5.74) is 0. The molecule has 0 unspecified atom stereocenters. The number of esters is 5. The van der Waals surface area contributed by atoms with E-state index in [4.69, 9.17) is 80.5 Å². The van der Waals surface area contributed by atoms with Crippen LogP contribution in [0.2, 0.25) is 0 Å². The SMILES string of the molecule is CCCCCCCCCCCCO[C@@H]1O[C@@H](C)[C@H](O[C@@H]2O[C@@H](C)[C@H](OC(C)=O)[C@@H](O[C@@H]3O[C@@H](C)[C@H](OC(C)=O)[C@@H](O[C@@H]4O[C@@H](C)[C@H](OC(C)=O)[C@H]5OC(C)(C)O[C@@H]45)[C@H]3OC(C)=O)[C@H]2OC(=O)CCC(C)=O)[C@H]2OC(C)(C)O[C@@H]12. The number of rotatable bonds is 26. The van der Waals surface area contributed by atoms with E-state index in [9.17, 15) is 28.8 Å². The Morgan fingerprint density at radius 2 is 0.744 bits per heavy atom. The molecule has 0 bridgehead atoms. The molecule has 23 heteroatoms. The maximum atomic E-state index is 13.9. The lowest BCUT2D eigenvalue weighted by atomic mass is 9.95. The van der Waals surface area contributed by atoms with Crippen molar-refractivity contribution in [1.29, 1.82) is 0 Å². The van der Waals surface area contributed by atoms with Crippen LogP contribution in [0.25, 0.3) is 0 Å². The Morgan fingerprint density at radius 3 is 1.24 bits per heavy atom. The summed E-state index contributed by atoms with van der Waals surface area (Å²) in [7, 11) is 0. The highest BCUT2D eigenvalue weighted by molar-refractivity contribution is 5.81. The second-order valence-corrected chi connectivity index (χ2v) is 22.3. The summed E-state index contributed by atoms with van der Waals surface area (Å²) in [6, 6.07) is 0. The van der Waals surface area contributed by atoms with Gasteiger partial charge in [-0.15, -0.1) is 0 Å². The average Bonchev–Trinajstić information content (AvgIpc) is 3.91. The van der Waals surface area contributed by atoms with Crippen LogP contribution in [0.15, 0.2) is 0 Å². The molecule has 0 amide bonds. The first-order valence-electron chi connectivity index (χ1n) is 28.1. The minimum atomic E-state index is -1.68. The van der Waals surface area contributed by atoms with Crippen LogP contribution in [0.5, 0.6) is 0 Å². The molecule has 6 rings (SSSR count). The molecule has 6 aliphatic heterocycles. The normalized spacial score (nSPS) is 37.8. The van der Waals surface area contributed by atoms with E-state index in [-0.39, 0.29) is 18.6 Å². The van der Waals surface area contributed by atoms with Gasteiger partial charge in [0.05, 0.1) is 30.8 Å². The molecule has 6 saturated heterocycles. The predicted octanol–water partition coefficient (Wildman–Crippen LogP) is 6.11. The number of fused-ring (bicyclic) bond motifs is 2. The van der Waals surface area contributed by atoms with E-state index in [0.29, 0.717) is 6.61 Å². The Labute approximate surface area is 458 Å². The molecule has 0 aromatic rings. The molecule has 0 radical (unpaired) electrons. The first-order chi connectivity index (χ1) is 36.8. The van der Waals surface area contributed by atoms with Crippen LogP contribution in [0.4, 0.5) is 0 Å². The van der Waals surface area contributed by atoms with E-state index in [1.807, 2.05) is 0 Å². The van der Waals surface area contributed by atoms with E-state index in [0.717, 1.165) is 26.2 Å². The van der Waals surface area contributed by atoms with E-state index in [1.165, 1.54) is 72.6 Å². The third-order valence-electron chi connectivity index (χ3n) is 14.4. The molecule has 6 aliphatic rings. The monoisotopic (exact) mass is 1120 g/mol. The van der Waals surface area contributed by atoms with Crippen molar-refractivity contribution < 1.29 is 109 Å². The van der Waals surface area contributed by atoms with Gasteiger partial charge in [-0.3, -0.25) is 24.0 Å². The van der Waals surface area contributed by atoms with Crippen molar-refractivity contribution in [1.82, 2.24) is 0 Å². The van der Waals surface area contributed by atoms with E-state index in [1.54, 1.807) is 55.4 Å². The van der Waals surface area contributed by atoms with Gasteiger partial charge in [0.25, 0.3) is 0 Å². The van der Waals surface area contributed by atoms with Crippen LogP contribution < -0.4 is 0 Å². The second-order valence-electron chi connectivity index (χ2n) is 22.3. The second kappa shape index (κ2) is 28.5. The highest BCUT2D eigenvalue weighted by Crippen LogP contribution is 2.44.